The molecule has 0 radical (unpaired) electrons. The van der Waals surface area contributed by atoms with Crippen LogP contribution in [0.4, 0.5) is 14.6 Å². The maximum atomic E-state index is 13.1. The van der Waals surface area contributed by atoms with Crippen LogP contribution in [0.5, 0.6) is 0 Å². The van der Waals surface area contributed by atoms with Gasteiger partial charge in [0.05, 0.1) is 11.2 Å². The van der Waals surface area contributed by atoms with E-state index in [0.29, 0.717) is 13.1 Å². The van der Waals surface area contributed by atoms with E-state index in [0.717, 1.165) is 11.3 Å². The minimum atomic E-state index is -2.46. The molecule has 1 spiro atoms. The number of aromatic nitrogens is 1. The molecule has 3 heterocycles. The van der Waals surface area contributed by atoms with Gasteiger partial charge in [-0.25, -0.2) is 13.8 Å². The minimum Gasteiger partial charge on any atom is -0.399 e. The maximum absolute atomic E-state index is 13.1. The topological polar surface area (TPSA) is 34.6 Å². The van der Waals surface area contributed by atoms with Gasteiger partial charge in [0, 0.05) is 43.0 Å². The summed E-state index contributed by atoms with van der Waals surface area (Å²) in [5.74, 6) is -1.63. The summed E-state index contributed by atoms with van der Waals surface area (Å²) < 4.78 is 38.2. The molecule has 0 unspecified atom stereocenters. The number of pyridine rings is 1. The molecule has 3 fully saturated rings. The molecule has 1 aliphatic carbocycles. The van der Waals surface area contributed by atoms with Gasteiger partial charge in [-0.2, -0.15) is 0 Å². The van der Waals surface area contributed by atoms with Gasteiger partial charge in [0.15, 0.2) is 0 Å². The van der Waals surface area contributed by atoms with Crippen LogP contribution in [0.15, 0.2) is 18.3 Å². The van der Waals surface area contributed by atoms with E-state index in [1.165, 1.54) is 0 Å². The van der Waals surface area contributed by atoms with E-state index in [1.807, 2.05) is 39.8 Å². The second-order valence-electron chi connectivity index (χ2n) is 8.60. The summed E-state index contributed by atoms with van der Waals surface area (Å²) in [6.45, 7) is 9.41. The van der Waals surface area contributed by atoms with Crippen LogP contribution in [0.2, 0.25) is 0 Å². The first-order valence-electron chi connectivity index (χ1n) is 8.45. The molecule has 1 aromatic rings. The molecular formula is C17H23BF2N2O2. The summed E-state index contributed by atoms with van der Waals surface area (Å²) in [7, 11) is -0.426. The van der Waals surface area contributed by atoms with Crippen LogP contribution in [0.3, 0.4) is 0 Å². The fraction of sp³-hybridized carbons (Fsp3) is 0.706. The quantitative estimate of drug-likeness (QED) is 0.778. The van der Waals surface area contributed by atoms with E-state index in [2.05, 4.69) is 9.88 Å². The summed E-state index contributed by atoms with van der Waals surface area (Å²) in [6.07, 6.45) is 1.79. The summed E-state index contributed by atoms with van der Waals surface area (Å²) in [4.78, 5) is 6.54. The Labute approximate surface area is 141 Å². The highest BCUT2D eigenvalue weighted by Gasteiger charge is 2.62. The van der Waals surface area contributed by atoms with Crippen LogP contribution >= 0.6 is 0 Å². The molecule has 0 amide bonds. The summed E-state index contributed by atoms with van der Waals surface area (Å²) in [5.41, 5.74) is -0.0660. The van der Waals surface area contributed by atoms with Crippen LogP contribution in [0.1, 0.15) is 40.5 Å². The maximum Gasteiger partial charge on any atom is 0.496 e. The summed E-state index contributed by atoms with van der Waals surface area (Å²) in [5, 5.41) is 0. The van der Waals surface area contributed by atoms with Crippen molar-refractivity contribution in [3.63, 3.8) is 0 Å². The van der Waals surface area contributed by atoms with E-state index in [4.69, 9.17) is 9.31 Å². The monoisotopic (exact) mass is 336 g/mol. The predicted octanol–water partition coefficient (Wildman–Crippen LogP) is 2.62. The lowest BCUT2D eigenvalue weighted by Crippen LogP contribution is -2.66. The van der Waals surface area contributed by atoms with Crippen LogP contribution in [-0.4, -0.2) is 42.3 Å². The first kappa shape index (κ1) is 16.3. The van der Waals surface area contributed by atoms with Crippen molar-refractivity contribution in [3.8, 4) is 0 Å². The van der Waals surface area contributed by atoms with Gasteiger partial charge >= 0.3 is 7.12 Å². The Bertz CT molecular complexity index is 631. The molecule has 4 rings (SSSR count). The van der Waals surface area contributed by atoms with Crippen molar-refractivity contribution in [2.75, 3.05) is 18.0 Å². The molecule has 2 saturated heterocycles. The van der Waals surface area contributed by atoms with Crippen LogP contribution in [-0.2, 0) is 9.31 Å². The van der Waals surface area contributed by atoms with Crippen molar-refractivity contribution in [1.82, 2.24) is 4.98 Å². The first-order valence-corrected chi connectivity index (χ1v) is 8.45. The highest BCUT2D eigenvalue weighted by molar-refractivity contribution is 6.62. The Hall–Kier alpha value is -1.21. The number of halogens is 2. The molecule has 130 valence electrons. The van der Waals surface area contributed by atoms with Gasteiger partial charge in [0.2, 0.25) is 5.92 Å². The lowest BCUT2D eigenvalue weighted by atomic mass is 9.61. The Kier molecular flexibility index (Phi) is 3.18. The van der Waals surface area contributed by atoms with Gasteiger partial charge in [0.1, 0.15) is 5.82 Å². The average molecular weight is 336 g/mol. The number of anilines is 1. The zero-order chi connectivity index (χ0) is 17.4. The zero-order valence-electron chi connectivity index (χ0n) is 14.6. The molecule has 1 saturated carbocycles. The van der Waals surface area contributed by atoms with E-state index in [1.54, 1.807) is 6.20 Å². The molecule has 24 heavy (non-hydrogen) atoms. The van der Waals surface area contributed by atoms with Crippen molar-refractivity contribution < 1.29 is 18.1 Å². The summed E-state index contributed by atoms with van der Waals surface area (Å²) in [6, 6.07) is 3.87. The van der Waals surface area contributed by atoms with E-state index in [9.17, 15) is 8.78 Å². The smallest absolute Gasteiger partial charge is 0.399 e. The van der Waals surface area contributed by atoms with Crippen LogP contribution < -0.4 is 10.4 Å². The van der Waals surface area contributed by atoms with E-state index in [-0.39, 0.29) is 29.5 Å². The van der Waals surface area contributed by atoms with Crippen molar-refractivity contribution >= 4 is 18.4 Å². The average Bonchev–Trinajstić information content (AvgIpc) is 2.62. The fourth-order valence-corrected chi connectivity index (χ4v) is 3.90. The van der Waals surface area contributed by atoms with Gasteiger partial charge in [-0.3, -0.25) is 0 Å². The molecule has 3 aliphatic rings. The van der Waals surface area contributed by atoms with Crippen molar-refractivity contribution in [2.24, 2.45) is 5.41 Å². The van der Waals surface area contributed by atoms with Crippen LogP contribution in [0, 0.1) is 5.41 Å². The predicted molar refractivity (Wildman–Crippen MR) is 88.8 cm³/mol. The normalized spacial score (nSPS) is 28.6. The lowest BCUT2D eigenvalue weighted by molar-refractivity contribution is -0.170. The first-order chi connectivity index (χ1) is 11.0. The largest absolute Gasteiger partial charge is 0.496 e. The molecular weight excluding hydrogens is 313 g/mol. The van der Waals surface area contributed by atoms with Gasteiger partial charge in [0.25, 0.3) is 0 Å². The van der Waals surface area contributed by atoms with Crippen molar-refractivity contribution in [2.45, 2.75) is 57.7 Å². The Morgan fingerprint density at radius 2 is 1.62 bits per heavy atom. The molecule has 7 heteroatoms. The third kappa shape index (κ3) is 2.44. The van der Waals surface area contributed by atoms with Gasteiger partial charge in [-0.05, 0) is 33.8 Å². The Morgan fingerprint density at radius 1 is 1.04 bits per heavy atom. The molecule has 0 atom stereocenters. The van der Waals surface area contributed by atoms with E-state index >= 15 is 0 Å². The lowest BCUT2D eigenvalue weighted by Gasteiger charge is -2.59. The number of alkyl halides is 2. The molecule has 1 aromatic heterocycles. The third-order valence-electron chi connectivity index (χ3n) is 5.94. The summed E-state index contributed by atoms with van der Waals surface area (Å²) >= 11 is 0. The molecule has 2 aliphatic heterocycles. The van der Waals surface area contributed by atoms with E-state index < -0.39 is 13.0 Å². The molecule has 0 aromatic carbocycles. The highest BCUT2D eigenvalue weighted by atomic mass is 19.3. The van der Waals surface area contributed by atoms with Gasteiger partial charge in [-0.1, -0.05) is 6.07 Å². The van der Waals surface area contributed by atoms with Gasteiger partial charge in [-0.15, -0.1) is 0 Å². The van der Waals surface area contributed by atoms with Crippen molar-refractivity contribution in [3.05, 3.63) is 18.3 Å². The zero-order valence-corrected chi connectivity index (χ0v) is 14.6. The number of hydrogen-bond acceptors (Lipinski definition) is 4. The number of rotatable bonds is 2. The van der Waals surface area contributed by atoms with Gasteiger partial charge < -0.3 is 14.2 Å². The standard InChI is InChI=1S/C17H23BF2N2O2/c1-14(2)15(3,4)24-18(23-14)12-5-6-13(21-7-12)22-10-16(11-22)8-17(19,20)9-16/h5-7H,8-11H2,1-4H3. The minimum absolute atomic E-state index is 0.0164. The molecule has 0 N–H and O–H groups in total. The number of hydrogen-bond donors (Lipinski definition) is 0. The number of nitrogens with zero attached hydrogens (tertiary/aromatic N) is 2. The molecule has 0 bridgehead atoms. The molecule has 4 nitrogen and oxygen atoms in total. The van der Waals surface area contributed by atoms with Crippen molar-refractivity contribution in [1.29, 1.82) is 0 Å². The van der Waals surface area contributed by atoms with Crippen LogP contribution in [0.25, 0.3) is 0 Å². The highest BCUT2D eigenvalue weighted by Crippen LogP contribution is 2.57. The fourth-order valence-electron chi connectivity index (χ4n) is 3.90. The second-order valence-corrected chi connectivity index (χ2v) is 8.60. The second kappa shape index (κ2) is 4.70. The third-order valence-corrected chi connectivity index (χ3v) is 5.94. The Morgan fingerprint density at radius 3 is 2.08 bits per heavy atom. The SMILES string of the molecule is CC1(C)OB(c2ccc(N3CC4(C3)CC(F)(F)C4)nc2)OC1(C)C. The Balaban J connectivity index is 1.40.